The fourth-order valence-corrected chi connectivity index (χ4v) is 2.78. The van der Waals surface area contributed by atoms with Gasteiger partial charge in [-0.25, -0.2) is 9.49 Å². The van der Waals surface area contributed by atoms with Crippen molar-refractivity contribution in [3.8, 4) is 5.75 Å². The Balaban J connectivity index is 1.94. The Morgan fingerprint density at radius 3 is 2.62 bits per heavy atom. The molecule has 1 amide bonds. The summed E-state index contributed by atoms with van der Waals surface area (Å²) >= 11 is 0. The molecule has 1 N–H and O–H groups in total. The Morgan fingerprint density at radius 1 is 1.23 bits per heavy atom. The summed E-state index contributed by atoms with van der Waals surface area (Å²) < 4.78 is 18.8. The van der Waals surface area contributed by atoms with Crippen molar-refractivity contribution in [2.45, 2.75) is 13.5 Å². The van der Waals surface area contributed by atoms with Crippen LogP contribution >= 0.6 is 0 Å². The lowest BCUT2D eigenvalue weighted by molar-refractivity contribution is 0.0747. The summed E-state index contributed by atoms with van der Waals surface area (Å²) in [6.07, 6.45) is 0. The highest BCUT2D eigenvalue weighted by atomic mass is 19.1. The number of nitrogens with one attached hydrogen (secondary N) is 1. The zero-order chi connectivity index (χ0) is 18.7. The first kappa shape index (κ1) is 17.6. The number of carbonyl (C=O) groups excluding carboxylic acids is 1. The molecule has 2 aromatic carbocycles. The van der Waals surface area contributed by atoms with Crippen molar-refractivity contribution >= 4 is 16.7 Å². The lowest BCUT2D eigenvalue weighted by Crippen LogP contribution is -2.32. The van der Waals surface area contributed by atoms with Crippen molar-refractivity contribution in [3.05, 3.63) is 69.9 Å². The zero-order valence-electron chi connectivity index (χ0n) is 14.5. The standard InChI is InChI=1S/C19H18FN3O3/c1-3-23(11-12-8-9-16(26-2)15(20)10-12)19(25)17-13-6-4-5-7-14(13)18(24)22-21-17/h4-10H,3,11H2,1-2H3,(H,22,24). The minimum absolute atomic E-state index is 0.149. The molecule has 1 heterocycles. The number of carbonyl (C=O) groups is 1. The van der Waals surface area contributed by atoms with Crippen LogP contribution in [0.3, 0.4) is 0 Å². The lowest BCUT2D eigenvalue weighted by Gasteiger charge is -2.21. The van der Waals surface area contributed by atoms with E-state index in [1.807, 2.05) is 6.92 Å². The van der Waals surface area contributed by atoms with E-state index in [9.17, 15) is 14.0 Å². The number of ether oxygens (including phenoxy) is 1. The topological polar surface area (TPSA) is 75.3 Å². The smallest absolute Gasteiger partial charge is 0.275 e. The number of benzene rings is 2. The second-order valence-electron chi connectivity index (χ2n) is 5.74. The number of fused-ring (bicyclic) bond motifs is 1. The molecule has 0 bridgehead atoms. The number of nitrogens with zero attached hydrogens (tertiary/aromatic N) is 2. The first-order valence-corrected chi connectivity index (χ1v) is 8.14. The number of amides is 1. The van der Waals surface area contributed by atoms with E-state index in [1.165, 1.54) is 24.1 Å². The van der Waals surface area contributed by atoms with Gasteiger partial charge in [0.25, 0.3) is 11.5 Å². The molecular weight excluding hydrogens is 337 g/mol. The van der Waals surface area contributed by atoms with Crippen LogP contribution in [-0.2, 0) is 6.54 Å². The van der Waals surface area contributed by atoms with Crippen molar-refractivity contribution < 1.29 is 13.9 Å². The summed E-state index contributed by atoms with van der Waals surface area (Å²) in [5.41, 5.74) is 0.445. The molecule has 3 aromatic rings. The molecule has 0 radical (unpaired) electrons. The minimum Gasteiger partial charge on any atom is -0.494 e. The summed E-state index contributed by atoms with van der Waals surface area (Å²) in [6.45, 7) is 2.44. The summed E-state index contributed by atoms with van der Waals surface area (Å²) in [5.74, 6) is -0.672. The van der Waals surface area contributed by atoms with E-state index in [-0.39, 0.29) is 29.5 Å². The number of H-pyrrole nitrogens is 1. The quantitative estimate of drug-likeness (QED) is 0.764. The maximum Gasteiger partial charge on any atom is 0.275 e. The lowest BCUT2D eigenvalue weighted by atomic mass is 10.1. The van der Waals surface area contributed by atoms with Crippen LogP contribution in [-0.4, -0.2) is 34.7 Å². The fraction of sp³-hybridized carbons (Fsp3) is 0.211. The van der Waals surface area contributed by atoms with E-state index in [0.29, 0.717) is 22.9 Å². The Hall–Kier alpha value is -3.22. The van der Waals surface area contributed by atoms with Crippen LogP contribution in [0.1, 0.15) is 23.0 Å². The van der Waals surface area contributed by atoms with E-state index >= 15 is 0 Å². The van der Waals surface area contributed by atoms with E-state index in [1.54, 1.807) is 30.3 Å². The number of hydrogen-bond acceptors (Lipinski definition) is 4. The molecule has 0 fully saturated rings. The van der Waals surface area contributed by atoms with Crippen molar-refractivity contribution in [3.63, 3.8) is 0 Å². The summed E-state index contributed by atoms with van der Waals surface area (Å²) in [4.78, 5) is 26.4. The summed E-state index contributed by atoms with van der Waals surface area (Å²) in [6, 6.07) is 11.4. The van der Waals surface area contributed by atoms with Crippen molar-refractivity contribution in [2.24, 2.45) is 0 Å². The van der Waals surface area contributed by atoms with Gasteiger partial charge in [-0.1, -0.05) is 24.3 Å². The maximum atomic E-state index is 13.9. The second kappa shape index (κ2) is 7.35. The average Bonchev–Trinajstić information content (AvgIpc) is 2.66. The van der Waals surface area contributed by atoms with Crippen molar-refractivity contribution in [1.29, 1.82) is 0 Å². The van der Waals surface area contributed by atoms with Crippen molar-refractivity contribution in [1.82, 2.24) is 15.1 Å². The number of methoxy groups -OCH3 is 1. The van der Waals surface area contributed by atoms with Gasteiger partial charge in [0.1, 0.15) is 0 Å². The molecule has 0 saturated heterocycles. The van der Waals surface area contributed by atoms with Gasteiger partial charge in [-0.2, -0.15) is 5.10 Å². The van der Waals surface area contributed by atoms with Crippen LogP contribution in [0.4, 0.5) is 4.39 Å². The van der Waals surface area contributed by atoms with Gasteiger partial charge < -0.3 is 9.64 Å². The first-order chi connectivity index (χ1) is 12.5. The third kappa shape index (κ3) is 3.28. The van der Waals surface area contributed by atoms with Crippen LogP contribution in [0, 0.1) is 5.82 Å². The summed E-state index contributed by atoms with van der Waals surface area (Å²) in [5, 5.41) is 7.19. The SMILES string of the molecule is CCN(Cc1ccc(OC)c(F)c1)C(=O)c1n[nH]c(=O)c2ccccc12. The Labute approximate surface area is 149 Å². The maximum absolute atomic E-state index is 13.9. The second-order valence-corrected chi connectivity index (χ2v) is 5.74. The molecule has 0 spiro atoms. The third-order valence-corrected chi connectivity index (χ3v) is 4.16. The van der Waals surface area contributed by atoms with Crippen LogP contribution in [0.5, 0.6) is 5.75 Å². The molecule has 0 atom stereocenters. The molecule has 6 nitrogen and oxygen atoms in total. The molecule has 0 aliphatic heterocycles. The third-order valence-electron chi connectivity index (χ3n) is 4.16. The largest absolute Gasteiger partial charge is 0.494 e. The predicted octanol–water partition coefficient (Wildman–Crippen LogP) is 2.73. The fourth-order valence-electron chi connectivity index (χ4n) is 2.78. The van der Waals surface area contributed by atoms with Crippen LogP contribution < -0.4 is 10.3 Å². The van der Waals surface area contributed by atoms with E-state index in [0.717, 1.165) is 0 Å². The average molecular weight is 355 g/mol. The number of rotatable bonds is 5. The van der Waals surface area contributed by atoms with Crippen LogP contribution in [0.2, 0.25) is 0 Å². The molecule has 0 aliphatic rings. The Bertz CT molecular complexity index is 1020. The zero-order valence-corrected chi connectivity index (χ0v) is 14.5. The molecule has 7 heteroatoms. The van der Waals surface area contributed by atoms with Crippen LogP contribution in [0.15, 0.2) is 47.3 Å². The van der Waals surface area contributed by atoms with Gasteiger partial charge in [-0.3, -0.25) is 9.59 Å². The van der Waals surface area contributed by atoms with Gasteiger partial charge in [0.2, 0.25) is 0 Å². The van der Waals surface area contributed by atoms with E-state index in [2.05, 4.69) is 10.2 Å². The van der Waals surface area contributed by atoms with Gasteiger partial charge >= 0.3 is 0 Å². The minimum atomic E-state index is -0.485. The van der Waals surface area contributed by atoms with Gasteiger partial charge in [0.15, 0.2) is 17.3 Å². The molecule has 0 unspecified atom stereocenters. The normalized spacial score (nSPS) is 10.7. The molecular formula is C19H18FN3O3. The van der Waals surface area contributed by atoms with Gasteiger partial charge in [-0.05, 0) is 30.7 Å². The van der Waals surface area contributed by atoms with Gasteiger partial charge in [-0.15, -0.1) is 0 Å². The Kier molecular flexibility index (Phi) is 4.97. The highest BCUT2D eigenvalue weighted by Gasteiger charge is 2.20. The highest BCUT2D eigenvalue weighted by Crippen LogP contribution is 2.20. The van der Waals surface area contributed by atoms with Crippen LogP contribution in [0.25, 0.3) is 10.8 Å². The Morgan fingerprint density at radius 2 is 1.96 bits per heavy atom. The number of aromatic amines is 1. The number of hydrogen-bond donors (Lipinski definition) is 1. The summed E-state index contributed by atoms with van der Waals surface area (Å²) in [7, 11) is 1.40. The van der Waals surface area contributed by atoms with Crippen molar-refractivity contribution in [2.75, 3.05) is 13.7 Å². The molecule has 26 heavy (non-hydrogen) atoms. The van der Waals surface area contributed by atoms with E-state index in [4.69, 9.17) is 4.74 Å². The van der Waals surface area contributed by atoms with Gasteiger partial charge in [0, 0.05) is 18.5 Å². The molecule has 1 aromatic heterocycles. The first-order valence-electron chi connectivity index (χ1n) is 8.14. The predicted molar refractivity (Wildman–Crippen MR) is 95.7 cm³/mol. The molecule has 0 aliphatic carbocycles. The molecule has 3 rings (SSSR count). The number of halogens is 1. The number of aromatic nitrogens is 2. The van der Waals surface area contributed by atoms with Gasteiger partial charge in [0.05, 0.1) is 12.5 Å². The molecule has 134 valence electrons. The highest BCUT2D eigenvalue weighted by molar-refractivity contribution is 6.04. The molecule has 0 saturated carbocycles. The van der Waals surface area contributed by atoms with E-state index < -0.39 is 5.82 Å². The monoisotopic (exact) mass is 355 g/mol.